The summed E-state index contributed by atoms with van der Waals surface area (Å²) in [5.41, 5.74) is 1.84. The highest BCUT2D eigenvalue weighted by Crippen LogP contribution is 2.17. The van der Waals surface area contributed by atoms with Gasteiger partial charge in [0, 0.05) is 18.8 Å². The van der Waals surface area contributed by atoms with E-state index in [4.69, 9.17) is 4.74 Å². The lowest BCUT2D eigenvalue weighted by Crippen LogP contribution is -2.06. The Kier molecular flexibility index (Phi) is 3.55. The molecule has 2 heterocycles. The van der Waals surface area contributed by atoms with Gasteiger partial charge >= 0.3 is 5.97 Å². The van der Waals surface area contributed by atoms with Crippen LogP contribution in [0.1, 0.15) is 11.1 Å². The molecule has 0 saturated carbocycles. The molecule has 1 aromatic heterocycles. The van der Waals surface area contributed by atoms with E-state index in [0.29, 0.717) is 12.3 Å². The third kappa shape index (κ3) is 3.20. The molecular formula is C16H11FN2O2. The van der Waals surface area contributed by atoms with Crippen molar-refractivity contribution in [3.8, 4) is 0 Å². The highest BCUT2D eigenvalue weighted by molar-refractivity contribution is 6.07. The van der Waals surface area contributed by atoms with E-state index in [1.54, 1.807) is 36.7 Å². The maximum absolute atomic E-state index is 12.8. The summed E-state index contributed by atoms with van der Waals surface area (Å²) >= 11 is 0. The number of cyclic esters (lactones) is 1. The van der Waals surface area contributed by atoms with Crippen LogP contribution in [0.2, 0.25) is 0 Å². The highest BCUT2D eigenvalue weighted by Gasteiger charge is 2.22. The van der Waals surface area contributed by atoms with Gasteiger partial charge in [0.05, 0.1) is 0 Å². The molecule has 1 aliphatic heterocycles. The molecule has 104 valence electrons. The van der Waals surface area contributed by atoms with Crippen LogP contribution in [0.5, 0.6) is 0 Å². The van der Waals surface area contributed by atoms with Gasteiger partial charge in [-0.1, -0.05) is 18.2 Å². The van der Waals surface area contributed by atoms with Gasteiger partial charge in [-0.15, -0.1) is 0 Å². The van der Waals surface area contributed by atoms with Crippen LogP contribution in [-0.2, 0) is 16.0 Å². The summed E-state index contributed by atoms with van der Waals surface area (Å²) in [6.45, 7) is 0. The minimum Gasteiger partial charge on any atom is -0.406 e. The van der Waals surface area contributed by atoms with Gasteiger partial charge in [0.2, 0.25) is 5.90 Å². The van der Waals surface area contributed by atoms with Crippen LogP contribution < -0.4 is 0 Å². The lowest BCUT2D eigenvalue weighted by molar-refractivity contribution is -0.130. The summed E-state index contributed by atoms with van der Waals surface area (Å²) in [7, 11) is 0. The lowest BCUT2D eigenvalue weighted by atomic mass is 10.1. The van der Waals surface area contributed by atoms with Crippen LogP contribution in [-0.4, -0.2) is 16.9 Å². The number of ether oxygens (including phenoxy) is 1. The zero-order valence-corrected chi connectivity index (χ0v) is 11.0. The molecule has 0 fully saturated rings. The van der Waals surface area contributed by atoms with Gasteiger partial charge in [-0.3, -0.25) is 4.98 Å². The average Bonchev–Trinajstić information content (AvgIpc) is 2.82. The predicted octanol–water partition coefficient (Wildman–Crippen LogP) is 2.76. The zero-order chi connectivity index (χ0) is 14.7. The number of carbonyl (C=O) groups is 1. The van der Waals surface area contributed by atoms with E-state index in [9.17, 15) is 9.18 Å². The first-order valence-corrected chi connectivity index (χ1v) is 6.36. The van der Waals surface area contributed by atoms with Crippen molar-refractivity contribution >= 4 is 17.9 Å². The quantitative estimate of drug-likeness (QED) is 0.642. The number of benzene rings is 1. The summed E-state index contributed by atoms with van der Waals surface area (Å²) in [5, 5.41) is 0. The number of esters is 1. The minimum absolute atomic E-state index is 0.236. The summed E-state index contributed by atoms with van der Waals surface area (Å²) in [5.74, 6) is -0.487. The van der Waals surface area contributed by atoms with E-state index >= 15 is 0 Å². The van der Waals surface area contributed by atoms with Crippen LogP contribution in [0.25, 0.3) is 6.08 Å². The molecule has 0 saturated heterocycles. The molecule has 0 aliphatic carbocycles. The summed E-state index contributed by atoms with van der Waals surface area (Å²) in [6, 6.07) is 9.58. The van der Waals surface area contributed by atoms with Crippen LogP contribution >= 0.6 is 0 Å². The molecule has 1 aromatic carbocycles. The van der Waals surface area contributed by atoms with Gasteiger partial charge in [0.15, 0.2) is 5.70 Å². The molecule has 0 N–H and O–H groups in total. The number of aliphatic imine (C=N–C) groups is 1. The van der Waals surface area contributed by atoms with Crippen LogP contribution in [0, 0.1) is 5.82 Å². The number of halogens is 1. The van der Waals surface area contributed by atoms with Crippen LogP contribution in [0.4, 0.5) is 4.39 Å². The average molecular weight is 282 g/mol. The largest absolute Gasteiger partial charge is 0.406 e. The molecule has 0 radical (unpaired) electrons. The molecule has 0 atom stereocenters. The monoisotopic (exact) mass is 282 g/mol. The number of rotatable bonds is 3. The fraction of sp³-hybridized carbons (Fsp3) is 0.0625. The van der Waals surface area contributed by atoms with Crippen molar-refractivity contribution in [1.29, 1.82) is 0 Å². The van der Waals surface area contributed by atoms with Gasteiger partial charge in [0.1, 0.15) is 5.82 Å². The maximum Gasteiger partial charge on any atom is 0.363 e. The van der Waals surface area contributed by atoms with E-state index in [1.807, 2.05) is 6.07 Å². The Labute approximate surface area is 120 Å². The second kappa shape index (κ2) is 5.66. The van der Waals surface area contributed by atoms with Gasteiger partial charge in [0.25, 0.3) is 0 Å². The first kappa shape index (κ1) is 13.2. The van der Waals surface area contributed by atoms with E-state index in [2.05, 4.69) is 9.98 Å². The predicted molar refractivity (Wildman–Crippen MR) is 75.8 cm³/mol. The van der Waals surface area contributed by atoms with Gasteiger partial charge < -0.3 is 4.74 Å². The molecular weight excluding hydrogens is 271 g/mol. The van der Waals surface area contributed by atoms with Crippen molar-refractivity contribution in [3.05, 3.63) is 71.4 Å². The Bertz CT molecular complexity index is 722. The van der Waals surface area contributed by atoms with Crippen molar-refractivity contribution < 1.29 is 13.9 Å². The fourth-order valence-electron chi connectivity index (χ4n) is 1.93. The first-order valence-electron chi connectivity index (χ1n) is 6.36. The molecule has 0 unspecified atom stereocenters. The maximum atomic E-state index is 12.8. The van der Waals surface area contributed by atoms with E-state index in [-0.39, 0.29) is 11.5 Å². The SMILES string of the molecule is O=C1OC(Cc2ccc(F)cc2)=N/C1=C/c1cccnc1. The topological polar surface area (TPSA) is 51.5 Å². The van der Waals surface area contributed by atoms with E-state index < -0.39 is 5.97 Å². The number of aromatic nitrogens is 1. The third-order valence-electron chi connectivity index (χ3n) is 2.92. The fourth-order valence-corrected chi connectivity index (χ4v) is 1.93. The standard InChI is InChI=1S/C16H11FN2O2/c17-13-5-3-11(4-6-13)9-15-19-14(16(20)21-15)8-12-2-1-7-18-10-12/h1-8,10H,9H2/b14-8+. The molecule has 1 aliphatic rings. The van der Waals surface area contributed by atoms with Crippen LogP contribution in [0.15, 0.2) is 59.5 Å². The third-order valence-corrected chi connectivity index (χ3v) is 2.92. The molecule has 0 amide bonds. The Hall–Kier alpha value is -2.82. The van der Waals surface area contributed by atoms with E-state index in [0.717, 1.165) is 11.1 Å². The molecule has 0 bridgehead atoms. The van der Waals surface area contributed by atoms with Gasteiger partial charge in [-0.2, -0.15) is 0 Å². The van der Waals surface area contributed by atoms with Crippen molar-refractivity contribution in [1.82, 2.24) is 4.98 Å². The number of pyridine rings is 1. The molecule has 21 heavy (non-hydrogen) atoms. The summed E-state index contributed by atoms with van der Waals surface area (Å²) in [4.78, 5) is 19.9. The molecule has 2 aromatic rings. The molecule has 3 rings (SSSR count). The Balaban J connectivity index is 1.79. The minimum atomic E-state index is -0.490. The lowest BCUT2D eigenvalue weighted by Gasteiger charge is -1.99. The zero-order valence-electron chi connectivity index (χ0n) is 11.0. The van der Waals surface area contributed by atoms with Gasteiger partial charge in [-0.25, -0.2) is 14.2 Å². The summed E-state index contributed by atoms with van der Waals surface area (Å²) in [6.07, 6.45) is 5.25. The molecule has 0 spiro atoms. The van der Waals surface area contributed by atoms with Crippen molar-refractivity contribution in [2.45, 2.75) is 6.42 Å². The normalized spacial score (nSPS) is 16.0. The van der Waals surface area contributed by atoms with E-state index in [1.165, 1.54) is 12.1 Å². The Morgan fingerprint density at radius 1 is 1.19 bits per heavy atom. The smallest absolute Gasteiger partial charge is 0.363 e. The van der Waals surface area contributed by atoms with Crippen molar-refractivity contribution in [2.75, 3.05) is 0 Å². The Morgan fingerprint density at radius 2 is 2.00 bits per heavy atom. The summed E-state index contributed by atoms with van der Waals surface area (Å²) < 4.78 is 17.9. The van der Waals surface area contributed by atoms with Crippen molar-refractivity contribution in [3.63, 3.8) is 0 Å². The highest BCUT2D eigenvalue weighted by atomic mass is 19.1. The number of hydrogen-bond donors (Lipinski definition) is 0. The van der Waals surface area contributed by atoms with Crippen LogP contribution in [0.3, 0.4) is 0 Å². The number of carbonyl (C=O) groups excluding carboxylic acids is 1. The van der Waals surface area contributed by atoms with Crippen molar-refractivity contribution in [2.24, 2.45) is 4.99 Å². The second-order valence-electron chi connectivity index (χ2n) is 4.51. The second-order valence-corrected chi connectivity index (χ2v) is 4.51. The van der Waals surface area contributed by atoms with Gasteiger partial charge in [-0.05, 0) is 35.4 Å². The number of hydrogen-bond acceptors (Lipinski definition) is 4. The molecule has 5 heteroatoms. The first-order chi connectivity index (χ1) is 10.2. The number of nitrogens with zero attached hydrogens (tertiary/aromatic N) is 2. The Morgan fingerprint density at radius 3 is 2.71 bits per heavy atom. The molecule has 4 nitrogen and oxygen atoms in total.